The van der Waals surface area contributed by atoms with E-state index in [2.05, 4.69) is 4.72 Å². The molecule has 0 bridgehead atoms. The van der Waals surface area contributed by atoms with E-state index in [1.54, 1.807) is 0 Å². The molecule has 0 aliphatic rings. The molecule has 1 aromatic carbocycles. The van der Waals surface area contributed by atoms with Gasteiger partial charge in [-0.1, -0.05) is 39.0 Å². The maximum absolute atomic E-state index is 10.9. The SMILES string of the molecule is CCc1cccc(C(C)CC)c1NS(=O)(=O)[O-].[Na+]. The molecule has 6 heteroatoms. The van der Waals surface area contributed by atoms with Crippen LogP contribution in [0.25, 0.3) is 0 Å². The molecule has 1 unspecified atom stereocenters. The van der Waals surface area contributed by atoms with E-state index in [0.29, 0.717) is 12.1 Å². The normalized spacial score (nSPS) is 12.7. The molecule has 0 aliphatic carbocycles. The molecule has 1 aromatic rings. The summed E-state index contributed by atoms with van der Waals surface area (Å²) in [6.45, 7) is 5.97. The molecule has 0 aromatic heterocycles. The van der Waals surface area contributed by atoms with E-state index < -0.39 is 10.3 Å². The van der Waals surface area contributed by atoms with Crippen molar-refractivity contribution in [3.8, 4) is 0 Å². The van der Waals surface area contributed by atoms with Gasteiger partial charge in [-0.25, -0.2) is 8.42 Å². The average molecular weight is 279 g/mol. The Kier molecular flexibility index (Phi) is 7.47. The van der Waals surface area contributed by atoms with Gasteiger partial charge < -0.3 is 4.55 Å². The molecule has 1 rings (SSSR count). The number of hydrogen-bond donors (Lipinski definition) is 1. The van der Waals surface area contributed by atoms with E-state index in [1.807, 2.05) is 39.0 Å². The molecule has 0 radical (unpaired) electrons. The first-order valence-corrected chi connectivity index (χ1v) is 7.15. The molecule has 1 atom stereocenters. The average Bonchev–Trinajstić information content (AvgIpc) is 2.26. The van der Waals surface area contributed by atoms with E-state index in [9.17, 15) is 13.0 Å². The number of rotatable bonds is 5. The molecule has 4 nitrogen and oxygen atoms in total. The van der Waals surface area contributed by atoms with Crippen molar-refractivity contribution in [3.63, 3.8) is 0 Å². The van der Waals surface area contributed by atoms with Gasteiger partial charge in [0.05, 0.1) is 5.69 Å². The fourth-order valence-electron chi connectivity index (χ4n) is 1.79. The third kappa shape index (κ3) is 4.90. The molecule has 96 valence electrons. The van der Waals surface area contributed by atoms with Crippen LogP contribution in [0.5, 0.6) is 0 Å². The summed E-state index contributed by atoms with van der Waals surface area (Å²) >= 11 is 0. The minimum Gasteiger partial charge on any atom is -0.731 e. The summed E-state index contributed by atoms with van der Waals surface area (Å²) < 4.78 is 34.7. The molecule has 0 saturated heterocycles. The zero-order chi connectivity index (χ0) is 13.1. The number of para-hydroxylation sites is 1. The summed E-state index contributed by atoms with van der Waals surface area (Å²) in [7, 11) is -4.47. The Balaban J connectivity index is 0.00000289. The fourth-order valence-corrected chi connectivity index (χ4v) is 2.29. The smallest absolute Gasteiger partial charge is 0.731 e. The van der Waals surface area contributed by atoms with E-state index in [4.69, 9.17) is 0 Å². The van der Waals surface area contributed by atoms with Gasteiger partial charge in [0.15, 0.2) is 10.3 Å². The van der Waals surface area contributed by atoms with E-state index in [-0.39, 0.29) is 35.5 Å². The summed E-state index contributed by atoms with van der Waals surface area (Å²) in [4.78, 5) is 0. The molecule has 0 spiro atoms. The van der Waals surface area contributed by atoms with Crippen molar-refractivity contribution in [1.82, 2.24) is 0 Å². The Morgan fingerprint density at radius 2 is 1.94 bits per heavy atom. The second-order valence-electron chi connectivity index (χ2n) is 4.10. The Hall–Kier alpha value is -0.0700. The van der Waals surface area contributed by atoms with Crippen molar-refractivity contribution >= 4 is 16.0 Å². The first kappa shape index (κ1) is 17.9. The predicted octanol–water partition coefficient (Wildman–Crippen LogP) is -0.361. The number of benzene rings is 1. The van der Waals surface area contributed by atoms with Crippen LogP contribution in [0.4, 0.5) is 5.69 Å². The van der Waals surface area contributed by atoms with Crippen LogP contribution in [0.15, 0.2) is 18.2 Å². The number of hydrogen-bond acceptors (Lipinski definition) is 3. The zero-order valence-electron chi connectivity index (χ0n) is 11.4. The third-order valence-electron chi connectivity index (χ3n) is 2.93. The van der Waals surface area contributed by atoms with Gasteiger partial charge in [-0.15, -0.1) is 0 Å². The second-order valence-corrected chi connectivity index (χ2v) is 5.21. The van der Waals surface area contributed by atoms with Crippen LogP contribution in [0.1, 0.15) is 44.2 Å². The van der Waals surface area contributed by atoms with Crippen LogP contribution in [0, 0.1) is 0 Å². The van der Waals surface area contributed by atoms with Crippen LogP contribution in [0.2, 0.25) is 0 Å². The van der Waals surface area contributed by atoms with Gasteiger partial charge in [0.1, 0.15) is 0 Å². The van der Waals surface area contributed by atoms with Crippen molar-refractivity contribution in [3.05, 3.63) is 29.3 Å². The Morgan fingerprint density at radius 1 is 1.33 bits per heavy atom. The van der Waals surface area contributed by atoms with Gasteiger partial charge in [0, 0.05) is 0 Å². The number of nitrogens with one attached hydrogen (secondary N) is 1. The largest absolute Gasteiger partial charge is 1.00 e. The van der Waals surface area contributed by atoms with Crippen LogP contribution in [0.3, 0.4) is 0 Å². The Morgan fingerprint density at radius 3 is 2.39 bits per heavy atom. The molecular weight excluding hydrogens is 261 g/mol. The number of aryl methyl sites for hydroxylation is 1. The standard InChI is InChI=1S/C12H19NO3S.Na/c1-4-9(3)11-8-6-7-10(5-2)12(11)13-17(14,15)16;/h6-9,13H,4-5H2,1-3H3,(H,14,15,16);/q;+1/p-1. The van der Waals surface area contributed by atoms with Gasteiger partial charge in [-0.05, 0) is 29.9 Å². The molecule has 1 N–H and O–H groups in total. The second kappa shape index (κ2) is 7.50. The third-order valence-corrected chi connectivity index (χ3v) is 3.39. The predicted molar refractivity (Wildman–Crippen MR) is 67.8 cm³/mol. The fraction of sp³-hybridized carbons (Fsp3) is 0.500. The van der Waals surface area contributed by atoms with Gasteiger partial charge in [0.2, 0.25) is 0 Å². The molecular formula is C12H18NNaO3S. The molecule has 0 heterocycles. The molecule has 0 amide bonds. The van der Waals surface area contributed by atoms with Crippen molar-refractivity contribution in [1.29, 1.82) is 0 Å². The van der Waals surface area contributed by atoms with Crippen LogP contribution >= 0.6 is 0 Å². The Bertz CT molecular complexity index is 488. The molecule has 0 aliphatic heterocycles. The minimum atomic E-state index is -4.47. The van der Waals surface area contributed by atoms with Crippen molar-refractivity contribution in [2.45, 2.75) is 39.5 Å². The van der Waals surface area contributed by atoms with E-state index in [1.165, 1.54) is 0 Å². The first-order valence-electron chi connectivity index (χ1n) is 5.74. The van der Waals surface area contributed by atoms with Crippen LogP contribution < -0.4 is 34.3 Å². The maximum atomic E-state index is 10.9. The molecule has 0 fully saturated rings. The summed E-state index contributed by atoms with van der Waals surface area (Å²) in [5.41, 5.74) is 2.19. The maximum Gasteiger partial charge on any atom is 1.00 e. The molecule has 0 saturated carbocycles. The van der Waals surface area contributed by atoms with Crippen LogP contribution in [-0.2, 0) is 16.7 Å². The first-order chi connectivity index (χ1) is 7.89. The van der Waals surface area contributed by atoms with Gasteiger partial charge in [0.25, 0.3) is 0 Å². The zero-order valence-corrected chi connectivity index (χ0v) is 14.2. The summed E-state index contributed by atoms with van der Waals surface area (Å²) in [6, 6.07) is 5.59. The number of anilines is 1. The monoisotopic (exact) mass is 279 g/mol. The minimum absolute atomic E-state index is 0. The topological polar surface area (TPSA) is 69.2 Å². The van der Waals surface area contributed by atoms with E-state index >= 15 is 0 Å². The quantitative estimate of drug-likeness (QED) is 0.591. The van der Waals surface area contributed by atoms with E-state index in [0.717, 1.165) is 17.5 Å². The summed E-state index contributed by atoms with van der Waals surface area (Å²) in [5, 5.41) is 0. The van der Waals surface area contributed by atoms with Gasteiger partial charge >= 0.3 is 29.6 Å². The summed E-state index contributed by atoms with van der Waals surface area (Å²) in [5.74, 6) is 0.214. The van der Waals surface area contributed by atoms with Crippen molar-refractivity contribution in [2.75, 3.05) is 4.72 Å². The van der Waals surface area contributed by atoms with Crippen LogP contribution in [-0.4, -0.2) is 13.0 Å². The van der Waals surface area contributed by atoms with Gasteiger partial charge in [-0.3, -0.25) is 4.72 Å². The van der Waals surface area contributed by atoms with Gasteiger partial charge in [-0.2, -0.15) is 0 Å². The molecule has 18 heavy (non-hydrogen) atoms. The van der Waals surface area contributed by atoms with Crippen molar-refractivity contribution < 1.29 is 42.5 Å². The summed E-state index contributed by atoms with van der Waals surface area (Å²) in [6.07, 6.45) is 1.57. The van der Waals surface area contributed by atoms with Crippen molar-refractivity contribution in [2.24, 2.45) is 0 Å². The Labute approximate surface area is 131 Å².